The molecule has 0 radical (unpaired) electrons. The van der Waals surface area contributed by atoms with E-state index in [4.69, 9.17) is 0 Å². The molecular formula is C32H33N7O2. The number of aromatic nitrogens is 3. The molecule has 41 heavy (non-hydrogen) atoms. The van der Waals surface area contributed by atoms with Crippen LogP contribution in [0.4, 0.5) is 17.1 Å². The summed E-state index contributed by atoms with van der Waals surface area (Å²) in [5.74, 6) is 0.194. The van der Waals surface area contributed by atoms with Gasteiger partial charge in [-0.2, -0.15) is 0 Å². The topological polar surface area (TPSA) is 102 Å². The molecule has 9 nitrogen and oxygen atoms in total. The Balaban J connectivity index is 1.17. The number of benzene rings is 3. The van der Waals surface area contributed by atoms with Gasteiger partial charge in [-0.1, -0.05) is 18.2 Å². The molecule has 208 valence electrons. The molecule has 0 unspecified atom stereocenters. The number of piperazine rings is 1. The van der Waals surface area contributed by atoms with Gasteiger partial charge in [0.15, 0.2) is 11.7 Å². The minimum Gasteiger partial charge on any atom is -0.494 e. The number of hydrogen-bond acceptors (Lipinski definition) is 6. The average Bonchev–Trinajstić information content (AvgIpc) is 3.54. The van der Waals surface area contributed by atoms with E-state index in [0.717, 1.165) is 53.9 Å². The molecule has 0 aliphatic carbocycles. The number of likely N-dealkylation sites (N-methyl/N-ethyl adjacent to an activating group) is 1. The minimum absolute atomic E-state index is 0.0916. The van der Waals surface area contributed by atoms with Gasteiger partial charge < -0.3 is 29.8 Å². The lowest BCUT2D eigenvalue weighted by atomic mass is 10.0. The van der Waals surface area contributed by atoms with Crippen molar-refractivity contribution in [2.24, 2.45) is 12.0 Å². The van der Waals surface area contributed by atoms with Crippen LogP contribution in [0.1, 0.15) is 27.3 Å². The maximum absolute atomic E-state index is 12.6. The summed E-state index contributed by atoms with van der Waals surface area (Å²) in [5.41, 5.74) is 6.37. The standard InChI is InChI=1S/C32H33N7O2/c1-37-14-16-39(17-15-37)26-9-7-24(8-10-26)34-21-28-27-20-23(6-11-29(27)36-31(28)40)18-22-4-3-5-25(19-22)35-32(41)30-33-12-13-38(30)2/h3-13,19-21,36,40H,14-18H2,1-2H3,(H,35,41). The van der Waals surface area contributed by atoms with E-state index >= 15 is 0 Å². The number of aliphatic imine (C=N–C) groups is 1. The highest BCUT2D eigenvalue weighted by Gasteiger charge is 2.15. The first-order chi connectivity index (χ1) is 19.9. The number of nitrogens with one attached hydrogen (secondary N) is 2. The van der Waals surface area contributed by atoms with Gasteiger partial charge in [-0.05, 0) is 73.1 Å². The Hall–Kier alpha value is -4.89. The van der Waals surface area contributed by atoms with Crippen molar-refractivity contribution in [3.8, 4) is 5.88 Å². The number of amides is 1. The number of rotatable bonds is 7. The highest BCUT2D eigenvalue weighted by molar-refractivity contribution is 6.03. The van der Waals surface area contributed by atoms with Crippen molar-refractivity contribution in [3.05, 3.63) is 102 Å². The number of aromatic amines is 1. The largest absolute Gasteiger partial charge is 0.494 e. The molecular weight excluding hydrogens is 514 g/mol. The molecule has 0 saturated carbocycles. The molecule has 2 aromatic heterocycles. The monoisotopic (exact) mass is 547 g/mol. The van der Waals surface area contributed by atoms with Crippen molar-refractivity contribution in [1.82, 2.24) is 19.4 Å². The Morgan fingerprint density at radius 2 is 1.80 bits per heavy atom. The third-order valence-electron chi connectivity index (χ3n) is 7.56. The smallest absolute Gasteiger partial charge is 0.291 e. The zero-order chi connectivity index (χ0) is 28.3. The van der Waals surface area contributed by atoms with Crippen molar-refractivity contribution in [2.75, 3.05) is 43.4 Å². The van der Waals surface area contributed by atoms with Gasteiger partial charge in [0.2, 0.25) is 0 Å². The van der Waals surface area contributed by atoms with Gasteiger partial charge in [0.1, 0.15) is 0 Å². The quantitative estimate of drug-likeness (QED) is 0.250. The van der Waals surface area contributed by atoms with Gasteiger partial charge >= 0.3 is 0 Å². The molecule has 3 aromatic carbocycles. The number of aryl methyl sites for hydroxylation is 1. The molecule has 1 saturated heterocycles. The van der Waals surface area contributed by atoms with Crippen LogP contribution in [-0.4, -0.2) is 69.9 Å². The predicted octanol–water partition coefficient (Wildman–Crippen LogP) is 4.95. The fourth-order valence-corrected chi connectivity index (χ4v) is 5.21. The molecule has 0 atom stereocenters. The number of nitrogens with zero attached hydrogens (tertiary/aromatic N) is 5. The summed E-state index contributed by atoms with van der Waals surface area (Å²) in [6.45, 7) is 4.18. The number of imidazole rings is 1. The van der Waals surface area contributed by atoms with Crippen LogP contribution in [-0.2, 0) is 13.5 Å². The lowest BCUT2D eigenvalue weighted by Gasteiger charge is -2.34. The number of aromatic hydroxyl groups is 1. The molecule has 0 bridgehead atoms. The zero-order valence-corrected chi connectivity index (χ0v) is 23.2. The first-order valence-electron chi connectivity index (χ1n) is 13.7. The van der Waals surface area contributed by atoms with Crippen LogP contribution in [0, 0.1) is 0 Å². The summed E-state index contributed by atoms with van der Waals surface area (Å²) >= 11 is 0. The highest BCUT2D eigenvalue weighted by atomic mass is 16.3. The van der Waals surface area contributed by atoms with Gasteiger partial charge in [0.05, 0.1) is 11.3 Å². The number of fused-ring (bicyclic) bond motifs is 1. The van der Waals surface area contributed by atoms with E-state index in [1.807, 2.05) is 48.5 Å². The van der Waals surface area contributed by atoms with E-state index < -0.39 is 0 Å². The molecule has 1 aliphatic rings. The highest BCUT2D eigenvalue weighted by Crippen LogP contribution is 2.29. The summed E-state index contributed by atoms with van der Waals surface area (Å²) in [6.07, 6.45) is 5.73. The van der Waals surface area contributed by atoms with Crippen LogP contribution in [0.5, 0.6) is 5.88 Å². The summed E-state index contributed by atoms with van der Waals surface area (Å²) in [7, 11) is 3.94. The lowest BCUT2D eigenvalue weighted by molar-refractivity contribution is 0.101. The van der Waals surface area contributed by atoms with Crippen LogP contribution in [0.2, 0.25) is 0 Å². The maximum Gasteiger partial charge on any atom is 0.291 e. The predicted molar refractivity (Wildman–Crippen MR) is 164 cm³/mol. The third kappa shape index (κ3) is 5.85. The number of H-pyrrole nitrogens is 1. The van der Waals surface area contributed by atoms with Crippen LogP contribution >= 0.6 is 0 Å². The van der Waals surface area contributed by atoms with Crippen LogP contribution in [0.3, 0.4) is 0 Å². The number of carbonyl (C=O) groups is 1. The van der Waals surface area contributed by atoms with Gasteiger partial charge in [0, 0.05) is 74.1 Å². The van der Waals surface area contributed by atoms with Gasteiger partial charge in [-0.15, -0.1) is 0 Å². The summed E-state index contributed by atoms with van der Waals surface area (Å²) in [5, 5.41) is 14.5. The molecule has 1 aliphatic heterocycles. The minimum atomic E-state index is -0.253. The summed E-state index contributed by atoms with van der Waals surface area (Å²) < 4.78 is 1.69. The van der Waals surface area contributed by atoms with Crippen molar-refractivity contribution in [1.29, 1.82) is 0 Å². The van der Waals surface area contributed by atoms with Crippen LogP contribution in [0.15, 0.2) is 84.1 Å². The van der Waals surface area contributed by atoms with Gasteiger partial charge in [-0.25, -0.2) is 4.98 Å². The third-order valence-corrected chi connectivity index (χ3v) is 7.56. The van der Waals surface area contributed by atoms with E-state index in [1.165, 1.54) is 5.69 Å². The average molecular weight is 548 g/mol. The SMILES string of the molecule is CN1CCN(c2ccc(N=Cc3c(O)[nH]c4ccc(Cc5cccc(NC(=O)c6nccn6C)c5)cc34)cc2)CC1. The second-order valence-corrected chi connectivity index (χ2v) is 10.5. The van der Waals surface area contributed by atoms with E-state index in [9.17, 15) is 9.90 Å². The Labute approximate surface area is 238 Å². The molecule has 3 heterocycles. The number of hydrogen-bond donors (Lipinski definition) is 3. The molecule has 3 N–H and O–H groups in total. The number of carbonyl (C=O) groups excluding carboxylic acids is 1. The molecule has 5 aromatic rings. The van der Waals surface area contributed by atoms with Gasteiger partial charge in [0.25, 0.3) is 5.91 Å². The fraction of sp³-hybridized carbons (Fsp3) is 0.219. The van der Waals surface area contributed by atoms with Crippen molar-refractivity contribution in [3.63, 3.8) is 0 Å². The molecule has 6 rings (SSSR count). The zero-order valence-electron chi connectivity index (χ0n) is 23.2. The fourth-order valence-electron chi connectivity index (χ4n) is 5.21. The Morgan fingerprint density at radius 1 is 1.02 bits per heavy atom. The molecule has 1 amide bonds. The van der Waals surface area contributed by atoms with Crippen molar-refractivity contribution < 1.29 is 9.90 Å². The maximum atomic E-state index is 12.6. The summed E-state index contributed by atoms with van der Waals surface area (Å²) in [4.78, 5) is 29.1. The normalized spacial score (nSPS) is 14.2. The molecule has 0 spiro atoms. The van der Waals surface area contributed by atoms with E-state index in [2.05, 4.69) is 55.3 Å². The van der Waals surface area contributed by atoms with Crippen molar-refractivity contribution in [2.45, 2.75) is 6.42 Å². The first-order valence-corrected chi connectivity index (χ1v) is 13.7. The number of anilines is 2. The molecule has 1 fully saturated rings. The van der Waals surface area contributed by atoms with Gasteiger partial charge in [-0.3, -0.25) is 9.79 Å². The van der Waals surface area contributed by atoms with E-state index in [1.54, 1.807) is 30.2 Å². The lowest BCUT2D eigenvalue weighted by Crippen LogP contribution is -2.44. The molecule has 9 heteroatoms. The van der Waals surface area contributed by atoms with Crippen LogP contribution in [0.25, 0.3) is 10.9 Å². The van der Waals surface area contributed by atoms with Crippen LogP contribution < -0.4 is 10.2 Å². The Morgan fingerprint density at radius 3 is 2.56 bits per heavy atom. The second-order valence-electron chi connectivity index (χ2n) is 10.5. The van der Waals surface area contributed by atoms with E-state index in [0.29, 0.717) is 23.5 Å². The first kappa shape index (κ1) is 26.3. The van der Waals surface area contributed by atoms with E-state index in [-0.39, 0.29) is 11.8 Å². The van der Waals surface area contributed by atoms with Crippen molar-refractivity contribution >= 4 is 40.1 Å². The summed E-state index contributed by atoms with van der Waals surface area (Å²) in [6, 6.07) is 22.1. The second kappa shape index (κ2) is 11.3. The Bertz CT molecular complexity index is 1710. The Kier molecular flexibility index (Phi) is 7.26.